The molecule has 2 heterocycles. The Balaban J connectivity index is 1.71. The third-order valence-electron chi connectivity index (χ3n) is 3.52. The zero-order chi connectivity index (χ0) is 14.1. The summed E-state index contributed by atoms with van der Waals surface area (Å²) in [5.74, 6) is 1.03. The molecule has 1 aliphatic rings. The highest BCUT2D eigenvalue weighted by atomic mass is 16.3. The Bertz CT molecular complexity index is 612. The van der Waals surface area contributed by atoms with Gasteiger partial charge in [0.05, 0.1) is 6.20 Å². The van der Waals surface area contributed by atoms with Crippen LogP contribution in [0.4, 0.5) is 0 Å². The van der Waals surface area contributed by atoms with E-state index in [1.54, 1.807) is 18.1 Å². The third kappa shape index (κ3) is 2.45. The standard InChI is InChI=1S/C14H18N4O2/c1-3-18-8-10(6-16-18)7-17(2)14(19)12-13(11-4-5-11)20-9-15-12/h6,8-9,11H,3-5,7H2,1-2H3. The Morgan fingerprint density at radius 1 is 1.55 bits per heavy atom. The molecule has 20 heavy (non-hydrogen) atoms. The van der Waals surface area contributed by atoms with E-state index >= 15 is 0 Å². The molecule has 2 aromatic heterocycles. The van der Waals surface area contributed by atoms with Gasteiger partial charge in [0, 0.05) is 37.8 Å². The Morgan fingerprint density at radius 2 is 2.35 bits per heavy atom. The van der Waals surface area contributed by atoms with Crippen molar-refractivity contribution in [3.8, 4) is 0 Å². The number of hydrogen-bond acceptors (Lipinski definition) is 4. The number of carbonyl (C=O) groups excluding carboxylic acids is 1. The number of aromatic nitrogens is 3. The summed E-state index contributed by atoms with van der Waals surface area (Å²) < 4.78 is 7.20. The van der Waals surface area contributed by atoms with Crippen LogP contribution in [-0.2, 0) is 13.1 Å². The van der Waals surface area contributed by atoms with Gasteiger partial charge in [-0.3, -0.25) is 9.48 Å². The normalized spacial score (nSPS) is 14.5. The highest BCUT2D eigenvalue weighted by molar-refractivity contribution is 5.93. The molecule has 1 fully saturated rings. The SMILES string of the molecule is CCn1cc(CN(C)C(=O)c2ncoc2C2CC2)cn1. The summed E-state index contributed by atoms with van der Waals surface area (Å²) >= 11 is 0. The molecule has 6 heteroatoms. The molecular formula is C14H18N4O2. The Hall–Kier alpha value is -2.11. The molecule has 106 valence electrons. The molecule has 0 spiro atoms. The predicted molar refractivity (Wildman–Crippen MR) is 72.2 cm³/mol. The van der Waals surface area contributed by atoms with Gasteiger partial charge in [0.2, 0.25) is 0 Å². The molecule has 0 saturated heterocycles. The van der Waals surface area contributed by atoms with Gasteiger partial charge in [-0.25, -0.2) is 4.98 Å². The number of amides is 1. The molecule has 6 nitrogen and oxygen atoms in total. The first-order valence-corrected chi connectivity index (χ1v) is 6.89. The maximum atomic E-state index is 12.4. The van der Waals surface area contributed by atoms with Gasteiger partial charge in [-0.15, -0.1) is 0 Å². The molecule has 0 N–H and O–H groups in total. The quantitative estimate of drug-likeness (QED) is 0.837. The van der Waals surface area contributed by atoms with Crippen molar-refractivity contribution >= 4 is 5.91 Å². The molecule has 1 aliphatic carbocycles. The zero-order valence-corrected chi connectivity index (χ0v) is 11.7. The summed E-state index contributed by atoms with van der Waals surface area (Å²) in [6, 6.07) is 0. The number of aryl methyl sites for hydroxylation is 1. The summed E-state index contributed by atoms with van der Waals surface area (Å²) in [6.45, 7) is 3.38. The van der Waals surface area contributed by atoms with Crippen LogP contribution in [0.5, 0.6) is 0 Å². The molecule has 0 radical (unpaired) electrons. The number of oxazole rings is 1. The summed E-state index contributed by atoms with van der Waals surface area (Å²) in [5.41, 5.74) is 1.47. The monoisotopic (exact) mass is 274 g/mol. The van der Waals surface area contributed by atoms with E-state index < -0.39 is 0 Å². The van der Waals surface area contributed by atoms with Crippen molar-refractivity contribution in [3.05, 3.63) is 35.8 Å². The highest BCUT2D eigenvalue weighted by Crippen LogP contribution is 2.41. The molecule has 1 saturated carbocycles. The van der Waals surface area contributed by atoms with Gasteiger partial charge >= 0.3 is 0 Å². The van der Waals surface area contributed by atoms with Crippen LogP contribution in [0.15, 0.2) is 23.2 Å². The van der Waals surface area contributed by atoms with Crippen molar-refractivity contribution in [1.82, 2.24) is 19.7 Å². The number of hydrogen-bond donors (Lipinski definition) is 0. The maximum absolute atomic E-state index is 12.4. The summed E-state index contributed by atoms with van der Waals surface area (Å²) in [5, 5.41) is 4.21. The Kier molecular flexibility index (Phi) is 3.30. The highest BCUT2D eigenvalue weighted by Gasteiger charge is 2.33. The van der Waals surface area contributed by atoms with Gasteiger partial charge in [0.15, 0.2) is 12.1 Å². The average molecular weight is 274 g/mol. The Labute approximate surface area is 117 Å². The van der Waals surface area contributed by atoms with Crippen LogP contribution in [-0.4, -0.2) is 32.6 Å². The van der Waals surface area contributed by atoms with Gasteiger partial charge in [0.1, 0.15) is 5.76 Å². The van der Waals surface area contributed by atoms with E-state index in [1.807, 2.05) is 17.8 Å². The molecule has 3 rings (SSSR count). The van der Waals surface area contributed by atoms with Crippen LogP contribution < -0.4 is 0 Å². The first-order chi connectivity index (χ1) is 9.69. The first-order valence-electron chi connectivity index (χ1n) is 6.89. The number of carbonyl (C=O) groups is 1. The summed E-state index contributed by atoms with van der Waals surface area (Å²) in [6.07, 6.45) is 7.28. The minimum absolute atomic E-state index is 0.0927. The lowest BCUT2D eigenvalue weighted by atomic mass is 10.2. The van der Waals surface area contributed by atoms with Crippen LogP contribution in [0.1, 0.15) is 47.5 Å². The van der Waals surface area contributed by atoms with Crippen LogP contribution in [0.25, 0.3) is 0 Å². The van der Waals surface area contributed by atoms with Gasteiger partial charge in [-0.05, 0) is 19.8 Å². The average Bonchev–Trinajstić information content (AvgIpc) is 3.01. The first kappa shape index (κ1) is 12.9. The lowest BCUT2D eigenvalue weighted by Gasteiger charge is -2.15. The van der Waals surface area contributed by atoms with Crippen molar-refractivity contribution in [2.75, 3.05) is 7.05 Å². The molecule has 0 bridgehead atoms. The van der Waals surface area contributed by atoms with Crippen molar-refractivity contribution in [3.63, 3.8) is 0 Å². The molecule has 1 amide bonds. The lowest BCUT2D eigenvalue weighted by Crippen LogP contribution is -2.27. The molecule has 0 unspecified atom stereocenters. The largest absolute Gasteiger partial charge is 0.447 e. The van der Waals surface area contributed by atoms with E-state index in [-0.39, 0.29) is 5.91 Å². The second-order valence-electron chi connectivity index (χ2n) is 5.20. The molecular weight excluding hydrogens is 256 g/mol. The number of rotatable bonds is 5. The minimum Gasteiger partial charge on any atom is -0.447 e. The van der Waals surface area contributed by atoms with E-state index in [2.05, 4.69) is 10.1 Å². The van der Waals surface area contributed by atoms with Crippen LogP contribution in [0.3, 0.4) is 0 Å². The predicted octanol–water partition coefficient (Wildman–Crippen LogP) is 2.04. The van der Waals surface area contributed by atoms with E-state index in [4.69, 9.17) is 4.42 Å². The van der Waals surface area contributed by atoms with Crippen LogP contribution >= 0.6 is 0 Å². The van der Waals surface area contributed by atoms with E-state index in [1.165, 1.54) is 6.39 Å². The van der Waals surface area contributed by atoms with Crippen molar-refractivity contribution in [1.29, 1.82) is 0 Å². The fourth-order valence-corrected chi connectivity index (χ4v) is 2.24. The summed E-state index contributed by atoms with van der Waals surface area (Å²) in [4.78, 5) is 18.2. The maximum Gasteiger partial charge on any atom is 0.276 e. The smallest absolute Gasteiger partial charge is 0.276 e. The van der Waals surface area contributed by atoms with E-state index in [9.17, 15) is 4.79 Å². The second kappa shape index (κ2) is 5.11. The zero-order valence-electron chi connectivity index (χ0n) is 11.7. The fourth-order valence-electron chi connectivity index (χ4n) is 2.24. The third-order valence-corrected chi connectivity index (χ3v) is 3.52. The fraction of sp³-hybridized carbons (Fsp3) is 0.500. The van der Waals surface area contributed by atoms with E-state index in [0.717, 1.165) is 30.7 Å². The molecule has 0 atom stereocenters. The van der Waals surface area contributed by atoms with Crippen molar-refractivity contribution < 1.29 is 9.21 Å². The number of nitrogens with zero attached hydrogens (tertiary/aromatic N) is 4. The topological polar surface area (TPSA) is 64.2 Å². The van der Waals surface area contributed by atoms with Gasteiger partial charge in [-0.2, -0.15) is 5.10 Å². The van der Waals surface area contributed by atoms with Crippen molar-refractivity contribution in [2.45, 2.75) is 38.8 Å². The van der Waals surface area contributed by atoms with Gasteiger partial charge in [0.25, 0.3) is 5.91 Å². The van der Waals surface area contributed by atoms with Crippen LogP contribution in [0.2, 0.25) is 0 Å². The lowest BCUT2D eigenvalue weighted by molar-refractivity contribution is 0.0777. The molecule has 0 aliphatic heterocycles. The molecule has 0 aromatic carbocycles. The van der Waals surface area contributed by atoms with Crippen LogP contribution in [0, 0.1) is 0 Å². The molecule has 2 aromatic rings. The van der Waals surface area contributed by atoms with E-state index in [0.29, 0.717) is 18.2 Å². The second-order valence-corrected chi connectivity index (χ2v) is 5.20. The van der Waals surface area contributed by atoms with Gasteiger partial charge < -0.3 is 9.32 Å². The summed E-state index contributed by atoms with van der Waals surface area (Å²) in [7, 11) is 1.77. The van der Waals surface area contributed by atoms with Gasteiger partial charge in [-0.1, -0.05) is 0 Å². The Morgan fingerprint density at radius 3 is 3.00 bits per heavy atom. The minimum atomic E-state index is -0.0927. The van der Waals surface area contributed by atoms with Crippen molar-refractivity contribution in [2.24, 2.45) is 0 Å².